The monoisotopic (exact) mass is 342 g/mol. The number of aromatic hydroxyl groups is 1. The van der Waals surface area contributed by atoms with Gasteiger partial charge in [0.25, 0.3) is 5.89 Å². The van der Waals surface area contributed by atoms with Gasteiger partial charge >= 0.3 is 0 Å². The van der Waals surface area contributed by atoms with E-state index in [1.807, 2.05) is 23.5 Å². The maximum absolute atomic E-state index is 9.94. The van der Waals surface area contributed by atoms with Crippen molar-refractivity contribution in [3.05, 3.63) is 29.0 Å². The SMILES string of the molecule is CCC1SCCSC1c1noc(-c2ccc(Cl)cc2O)n1. The van der Waals surface area contributed by atoms with Crippen molar-refractivity contribution in [2.45, 2.75) is 23.8 Å². The summed E-state index contributed by atoms with van der Waals surface area (Å²) in [5.41, 5.74) is 0.514. The van der Waals surface area contributed by atoms with E-state index in [-0.39, 0.29) is 11.0 Å². The average Bonchev–Trinajstić information content (AvgIpc) is 2.96. The van der Waals surface area contributed by atoms with Crippen LogP contribution in [0.3, 0.4) is 0 Å². The second-order valence-corrected chi connectivity index (χ2v) is 7.76. The number of rotatable bonds is 3. The molecule has 2 unspecified atom stereocenters. The summed E-state index contributed by atoms with van der Waals surface area (Å²) in [6.45, 7) is 2.18. The highest BCUT2D eigenvalue weighted by atomic mass is 35.5. The molecule has 7 heteroatoms. The molecule has 1 fully saturated rings. The Balaban J connectivity index is 1.89. The van der Waals surface area contributed by atoms with E-state index in [0.29, 0.717) is 27.6 Å². The molecule has 4 nitrogen and oxygen atoms in total. The molecule has 3 rings (SSSR count). The quantitative estimate of drug-likeness (QED) is 0.892. The van der Waals surface area contributed by atoms with E-state index in [2.05, 4.69) is 17.1 Å². The Morgan fingerprint density at radius 2 is 2.19 bits per heavy atom. The summed E-state index contributed by atoms with van der Waals surface area (Å²) in [5.74, 6) is 3.37. The van der Waals surface area contributed by atoms with E-state index in [4.69, 9.17) is 16.1 Å². The van der Waals surface area contributed by atoms with Crippen LogP contribution < -0.4 is 0 Å². The molecule has 0 amide bonds. The molecule has 0 bridgehead atoms. The van der Waals surface area contributed by atoms with Crippen molar-refractivity contribution in [1.82, 2.24) is 10.1 Å². The molecule has 21 heavy (non-hydrogen) atoms. The third-order valence-electron chi connectivity index (χ3n) is 3.34. The Hall–Kier alpha value is -0.850. The molecule has 0 radical (unpaired) electrons. The fraction of sp³-hybridized carbons (Fsp3) is 0.429. The number of hydrogen-bond donors (Lipinski definition) is 1. The Morgan fingerprint density at radius 3 is 2.95 bits per heavy atom. The van der Waals surface area contributed by atoms with Crippen LogP contribution in [0, 0.1) is 0 Å². The van der Waals surface area contributed by atoms with Gasteiger partial charge in [0.15, 0.2) is 5.82 Å². The van der Waals surface area contributed by atoms with Crippen LogP contribution in [-0.4, -0.2) is 32.0 Å². The summed E-state index contributed by atoms with van der Waals surface area (Å²) < 4.78 is 5.33. The lowest BCUT2D eigenvalue weighted by Crippen LogP contribution is -2.19. The molecule has 2 atom stereocenters. The third-order valence-corrected chi connectivity index (χ3v) is 6.82. The van der Waals surface area contributed by atoms with Gasteiger partial charge in [0.1, 0.15) is 5.75 Å². The Kier molecular flexibility index (Phi) is 4.66. The van der Waals surface area contributed by atoms with E-state index in [1.54, 1.807) is 12.1 Å². The number of phenols is 1. The van der Waals surface area contributed by atoms with Gasteiger partial charge in [0, 0.05) is 21.8 Å². The normalized spacial score (nSPS) is 22.4. The second kappa shape index (κ2) is 6.50. The van der Waals surface area contributed by atoms with E-state index < -0.39 is 0 Å². The molecule has 0 spiro atoms. The molecule has 2 heterocycles. The maximum Gasteiger partial charge on any atom is 0.261 e. The molecular weight excluding hydrogens is 328 g/mol. The van der Waals surface area contributed by atoms with Crippen LogP contribution in [0.25, 0.3) is 11.5 Å². The number of phenolic OH excluding ortho intramolecular Hbond substituents is 1. The molecule has 1 saturated heterocycles. The molecule has 0 aliphatic carbocycles. The molecular formula is C14H15ClN2O2S2. The van der Waals surface area contributed by atoms with Gasteiger partial charge < -0.3 is 9.63 Å². The standard InChI is InChI=1S/C14H15ClN2O2S2/c1-2-11-12(21-6-5-20-11)13-16-14(19-17-13)9-4-3-8(15)7-10(9)18/h3-4,7,11-12,18H,2,5-6H2,1H3. The highest BCUT2D eigenvalue weighted by molar-refractivity contribution is 8.06. The van der Waals surface area contributed by atoms with Crippen molar-refractivity contribution in [3.63, 3.8) is 0 Å². The predicted molar refractivity (Wildman–Crippen MR) is 88.1 cm³/mol. The molecule has 2 aromatic rings. The van der Waals surface area contributed by atoms with Crippen LogP contribution in [0.5, 0.6) is 5.75 Å². The molecule has 1 aromatic carbocycles. The molecule has 0 saturated carbocycles. The number of aromatic nitrogens is 2. The van der Waals surface area contributed by atoms with E-state index in [1.165, 1.54) is 11.8 Å². The predicted octanol–water partition coefficient (Wildman–Crippen LogP) is 4.40. The topological polar surface area (TPSA) is 59.2 Å². The van der Waals surface area contributed by atoms with Gasteiger partial charge in [-0.15, -0.1) is 11.8 Å². The van der Waals surface area contributed by atoms with Crippen LogP contribution >= 0.6 is 35.1 Å². The van der Waals surface area contributed by atoms with Crippen LogP contribution in [0.1, 0.15) is 24.4 Å². The summed E-state index contributed by atoms with van der Waals surface area (Å²) in [7, 11) is 0. The minimum Gasteiger partial charge on any atom is -0.507 e. The van der Waals surface area contributed by atoms with E-state index >= 15 is 0 Å². The zero-order valence-corrected chi connectivity index (χ0v) is 13.8. The Bertz CT molecular complexity index is 635. The molecule has 1 aromatic heterocycles. The summed E-state index contributed by atoms with van der Waals surface area (Å²) in [4.78, 5) is 4.48. The fourth-order valence-corrected chi connectivity index (χ4v) is 5.44. The smallest absolute Gasteiger partial charge is 0.261 e. The summed E-state index contributed by atoms with van der Waals surface area (Å²) in [6, 6.07) is 4.86. The fourth-order valence-electron chi connectivity index (χ4n) is 2.29. The zero-order chi connectivity index (χ0) is 14.8. The van der Waals surface area contributed by atoms with Crippen molar-refractivity contribution in [3.8, 4) is 17.2 Å². The van der Waals surface area contributed by atoms with Crippen LogP contribution in [0.15, 0.2) is 22.7 Å². The van der Waals surface area contributed by atoms with Gasteiger partial charge in [-0.1, -0.05) is 23.7 Å². The minimum atomic E-state index is 0.0513. The molecule has 112 valence electrons. The highest BCUT2D eigenvalue weighted by Crippen LogP contribution is 2.43. The maximum atomic E-state index is 9.94. The Morgan fingerprint density at radius 1 is 1.38 bits per heavy atom. The van der Waals surface area contributed by atoms with Crippen molar-refractivity contribution >= 4 is 35.1 Å². The third kappa shape index (κ3) is 3.17. The molecule has 1 N–H and O–H groups in total. The number of nitrogens with zero attached hydrogens (tertiary/aromatic N) is 2. The number of benzene rings is 1. The average molecular weight is 343 g/mol. The second-order valence-electron chi connectivity index (χ2n) is 4.73. The lowest BCUT2D eigenvalue weighted by molar-refractivity contribution is 0.416. The Labute approximate surface area is 136 Å². The molecule has 1 aliphatic heterocycles. The van der Waals surface area contributed by atoms with E-state index in [9.17, 15) is 5.11 Å². The van der Waals surface area contributed by atoms with Crippen LogP contribution in [-0.2, 0) is 0 Å². The van der Waals surface area contributed by atoms with Gasteiger partial charge in [-0.05, 0) is 24.6 Å². The first kappa shape index (κ1) is 15.1. The summed E-state index contributed by atoms with van der Waals surface area (Å²) >= 11 is 9.68. The number of hydrogen-bond acceptors (Lipinski definition) is 6. The van der Waals surface area contributed by atoms with Crippen molar-refractivity contribution in [1.29, 1.82) is 0 Å². The zero-order valence-electron chi connectivity index (χ0n) is 11.5. The number of thioether (sulfide) groups is 2. The van der Waals surface area contributed by atoms with Crippen molar-refractivity contribution in [2.24, 2.45) is 0 Å². The van der Waals surface area contributed by atoms with Crippen molar-refractivity contribution < 1.29 is 9.63 Å². The minimum absolute atomic E-state index is 0.0513. The first-order valence-corrected chi connectivity index (χ1v) is 9.22. The largest absolute Gasteiger partial charge is 0.507 e. The summed E-state index contributed by atoms with van der Waals surface area (Å²) in [6.07, 6.45) is 1.08. The van der Waals surface area contributed by atoms with Gasteiger partial charge in [-0.25, -0.2) is 0 Å². The lowest BCUT2D eigenvalue weighted by Gasteiger charge is -2.27. The summed E-state index contributed by atoms with van der Waals surface area (Å²) in [5, 5.41) is 15.3. The number of halogens is 1. The van der Waals surface area contributed by atoms with Crippen LogP contribution in [0.2, 0.25) is 5.02 Å². The molecule has 1 aliphatic rings. The first-order chi connectivity index (χ1) is 10.2. The van der Waals surface area contributed by atoms with Gasteiger partial charge in [0.05, 0.1) is 10.8 Å². The first-order valence-electron chi connectivity index (χ1n) is 6.74. The van der Waals surface area contributed by atoms with E-state index in [0.717, 1.165) is 12.2 Å². The van der Waals surface area contributed by atoms with Gasteiger partial charge in [-0.2, -0.15) is 16.7 Å². The highest BCUT2D eigenvalue weighted by Gasteiger charge is 2.30. The lowest BCUT2D eigenvalue weighted by atomic mass is 10.2. The van der Waals surface area contributed by atoms with Crippen molar-refractivity contribution in [2.75, 3.05) is 11.5 Å². The van der Waals surface area contributed by atoms with Gasteiger partial charge in [-0.3, -0.25) is 0 Å². The van der Waals surface area contributed by atoms with Gasteiger partial charge in [0.2, 0.25) is 0 Å². The van der Waals surface area contributed by atoms with Crippen LogP contribution in [0.4, 0.5) is 0 Å².